The molecule has 0 bridgehead atoms. The summed E-state index contributed by atoms with van der Waals surface area (Å²) in [7, 11) is 3.38. The smallest absolute Gasteiger partial charge is 0.410 e. The lowest BCUT2D eigenvalue weighted by molar-refractivity contribution is 0.169. The molecule has 19 heavy (non-hydrogen) atoms. The van der Waals surface area contributed by atoms with E-state index < -0.39 is 0 Å². The Hall–Kier alpha value is -1.55. The van der Waals surface area contributed by atoms with Gasteiger partial charge in [0.2, 0.25) is 0 Å². The number of carbonyl (C=O) groups is 1. The Morgan fingerprint density at radius 3 is 2.58 bits per heavy atom. The number of hydrogen-bond acceptors (Lipinski definition) is 3. The highest BCUT2D eigenvalue weighted by molar-refractivity contribution is 5.70. The summed E-state index contributed by atoms with van der Waals surface area (Å²) in [6.07, 6.45) is 3.53. The van der Waals surface area contributed by atoms with Gasteiger partial charge in [-0.3, -0.25) is 4.90 Å². The predicted octanol–water partition coefficient (Wildman–Crippen LogP) is 2.73. The van der Waals surface area contributed by atoms with Crippen LogP contribution in [0.5, 0.6) is 5.75 Å². The van der Waals surface area contributed by atoms with Crippen molar-refractivity contribution in [3.05, 3.63) is 29.8 Å². The van der Waals surface area contributed by atoms with E-state index in [9.17, 15) is 4.79 Å². The molecule has 104 valence electrons. The minimum atomic E-state index is -0.328. The molecule has 1 heterocycles. The van der Waals surface area contributed by atoms with E-state index in [1.54, 1.807) is 14.1 Å². The topological polar surface area (TPSA) is 32.8 Å². The predicted molar refractivity (Wildman–Crippen MR) is 75.3 cm³/mol. The van der Waals surface area contributed by atoms with Gasteiger partial charge in [-0.1, -0.05) is 24.6 Å². The molecule has 1 fully saturated rings. The molecule has 4 nitrogen and oxygen atoms in total. The quantitative estimate of drug-likeness (QED) is 0.839. The third kappa shape index (κ3) is 3.96. The Balaban J connectivity index is 2.05. The van der Waals surface area contributed by atoms with Crippen molar-refractivity contribution in [1.82, 2.24) is 9.80 Å². The molecular weight excluding hydrogens is 240 g/mol. The van der Waals surface area contributed by atoms with Crippen LogP contribution in [0.3, 0.4) is 0 Å². The standard InChI is InChI=1S/C15H22N2O2/c1-16(2)15(18)19-14-9-5-4-8-13(14)12-17-10-6-3-7-11-17/h4-5,8-9H,3,6-7,10-12H2,1-2H3. The van der Waals surface area contributed by atoms with Gasteiger partial charge in [-0.15, -0.1) is 0 Å². The zero-order valence-corrected chi connectivity index (χ0v) is 11.8. The van der Waals surface area contributed by atoms with Crippen LogP contribution in [-0.4, -0.2) is 43.1 Å². The second kappa shape index (κ2) is 6.57. The summed E-state index contributed by atoms with van der Waals surface area (Å²) in [6.45, 7) is 3.13. The van der Waals surface area contributed by atoms with Crippen LogP contribution >= 0.6 is 0 Å². The lowest BCUT2D eigenvalue weighted by Gasteiger charge is -2.27. The number of hydrogen-bond donors (Lipinski definition) is 0. The molecule has 0 N–H and O–H groups in total. The monoisotopic (exact) mass is 262 g/mol. The van der Waals surface area contributed by atoms with Crippen LogP contribution < -0.4 is 4.74 Å². The fourth-order valence-corrected chi connectivity index (χ4v) is 2.28. The molecule has 0 radical (unpaired) electrons. The fraction of sp³-hybridized carbons (Fsp3) is 0.533. The molecule has 0 unspecified atom stereocenters. The summed E-state index contributed by atoms with van der Waals surface area (Å²) >= 11 is 0. The van der Waals surface area contributed by atoms with Crippen molar-refractivity contribution in [2.75, 3.05) is 27.2 Å². The van der Waals surface area contributed by atoms with Crippen molar-refractivity contribution in [3.63, 3.8) is 0 Å². The summed E-state index contributed by atoms with van der Waals surface area (Å²) in [5, 5.41) is 0. The average Bonchev–Trinajstić information content (AvgIpc) is 2.42. The maximum absolute atomic E-state index is 11.6. The number of amides is 1. The van der Waals surface area contributed by atoms with Crippen molar-refractivity contribution in [2.24, 2.45) is 0 Å². The van der Waals surface area contributed by atoms with Gasteiger partial charge in [0.25, 0.3) is 0 Å². The fourth-order valence-electron chi connectivity index (χ4n) is 2.28. The highest BCUT2D eigenvalue weighted by Crippen LogP contribution is 2.22. The van der Waals surface area contributed by atoms with Crippen LogP contribution in [0, 0.1) is 0 Å². The van der Waals surface area contributed by atoms with Crippen LogP contribution in [0.2, 0.25) is 0 Å². The van der Waals surface area contributed by atoms with Crippen molar-refractivity contribution >= 4 is 6.09 Å². The van der Waals surface area contributed by atoms with Crippen LogP contribution in [0.25, 0.3) is 0 Å². The molecule has 1 aliphatic heterocycles. The second-order valence-electron chi connectivity index (χ2n) is 5.21. The summed E-state index contributed by atoms with van der Waals surface area (Å²) in [6, 6.07) is 7.79. The van der Waals surface area contributed by atoms with E-state index >= 15 is 0 Å². The largest absolute Gasteiger partial charge is 0.414 e. The van der Waals surface area contributed by atoms with Gasteiger partial charge in [0.1, 0.15) is 5.75 Å². The summed E-state index contributed by atoms with van der Waals surface area (Å²) in [5.74, 6) is 0.673. The van der Waals surface area contributed by atoms with E-state index in [1.165, 1.54) is 24.2 Å². The molecular formula is C15H22N2O2. The Morgan fingerprint density at radius 1 is 1.21 bits per heavy atom. The molecule has 1 amide bonds. The summed E-state index contributed by atoms with van der Waals surface area (Å²) in [4.78, 5) is 15.5. The molecule has 4 heteroatoms. The molecule has 0 aromatic heterocycles. The lowest BCUT2D eigenvalue weighted by atomic mass is 10.1. The molecule has 0 atom stereocenters. The maximum Gasteiger partial charge on any atom is 0.414 e. The van der Waals surface area contributed by atoms with Gasteiger partial charge in [0, 0.05) is 26.2 Å². The number of nitrogens with zero attached hydrogens (tertiary/aromatic N) is 2. The normalized spacial score (nSPS) is 16.1. The van der Waals surface area contributed by atoms with Gasteiger partial charge in [-0.2, -0.15) is 0 Å². The molecule has 0 spiro atoms. The van der Waals surface area contributed by atoms with Crippen LogP contribution in [0.15, 0.2) is 24.3 Å². The zero-order chi connectivity index (χ0) is 13.7. The lowest BCUT2D eigenvalue weighted by Crippen LogP contribution is -2.30. The minimum Gasteiger partial charge on any atom is -0.410 e. The zero-order valence-electron chi connectivity index (χ0n) is 11.8. The molecule has 2 rings (SSSR count). The first kappa shape index (κ1) is 13.9. The van der Waals surface area contributed by atoms with Crippen molar-refractivity contribution in [1.29, 1.82) is 0 Å². The molecule has 0 aliphatic carbocycles. The number of likely N-dealkylation sites (tertiary alicyclic amines) is 1. The van der Waals surface area contributed by atoms with E-state index in [0.29, 0.717) is 5.75 Å². The third-order valence-corrected chi connectivity index (χ3v) is 3.38. The van der Waals surface area contributed by atoms with E-state index in [2.05, 4.69) is 4.90 Å². The first-order chi connectivity index (χ1) is 9.16. The van der Waals surface area contributed by atoms with E-state index in [0.717, 1.165) is 25.2 Å². The number of carbonyl (C=O) groups excluding carboxylic acids is 1. The summed E-state index contributed by atoms with van der Waals surface area (Å²) in [5.41, 5.74) is 1.08. The Labute approximate surface area is 115 Å². The van der Waals surface area contributed by atoms with Crippen LogP contribution in [-0.2, 0) is 6.54 Å². The Kier molecular flexibility index (Phi) is 4.80. The number of piperidine rings is 1. The van der Waals surface area contributed by atoms with Crippen molar-refractivity contribution in [2.45, 2.75) is 25.8 Å². The van der Waals surface area contributed by atoms with E-state index in [4.69, 9.17) is 4.74 Å². The highest BCUT2D eigenvalue weighted by Gasteiger charge is 2.15. The highest BCUT2D eigenvalue weighted by atomic mass is 16.6. The van der Waals surface area contributed by atoms with Gasteiger partial charge in [0.05, 0.1) is 0 Å². The van der Waals surface area contributed by atoms with Crippen LogP contribution in [0.1, 0.15) is 24.8 Å². The second-order valence-corrected chi connectivity index (χ2v) is 5.21. The molecule has 1 aromatic rings. The summed E-state index contributed by atoms with van der Waals surface area (Å²) < 4.78 is 5.41. The Morgan fingerprint density at radius 2 is 1.89 bits per heavy atom. The SMILES string of the molecule is CN(C)C(=O)Oc1ccccc1CN1CCCCC1. The van der Waals surface area contributed by atoms with Gasteiger partial charge in [-0.25, -0.2) is 4.79 Å². The minimum absolute atomic E-state index is 0.328. The number of benzene rings is 1. The van der Waals surface area contributed by atoms with E-state index in [1.807, 2.05) is 24.3 Å². The van der Waals surface area contributed by atoms with Gasteiger partial charge >= 0.3 is 6.09 Å². The first-order valence-corrected chi connectivity index (χ1v) is 6.86. The first-order valence-electron chi connectivity index (χ1n) is 6.86. The third-order valence-electron chi connectivity index (χ3n) is 3.38. The van der Waals surface area contributed by atoms with E-state index in [-0.39, 0.29) is 6.09 Å². The number of ether oxygens (including phenoxy) is 1. The van der Waals surface area contributed by atoms with Crippen LogP contribution in [0.4, 0.5) is 4.79 Å². The van der Waals surface area contributed by atoms with Crippen molar-refractivity contribution in [3.8, 4) is 5.75 Å². The van der Waals surface area contributed by atoms with Gasteiger partial charge in [-0.05, 0) is 32.0 Å². The Bertz CT molecular complexity index is 426. The number of para-hydroxylation sites is 1. The average molecular weight is 262 g/mol. The molecule has 1 aromatic carbocycles. The molecule has 1 saturated heterocycles. The van der Waals surface area contributed by atoms with Gasteiger partial charge < -0.3 is 9.64 Å². The van der Waals surface area contributed by atoms with Gasteiger partial charge in [0.15, 0.2) is 0 Å². The number of rotatable bonds is 3. The molecule has 1 aliphatic rings. The van der Waals surface area contributed by atoms with Crippen molar-refractivity contribution < 1.29 is 9.53 Å². The maximum atomic E-state index is 11.6. The molecule has 0 saturated carbocycles.